The summed E-state index contributed by atoms with van der Waals surface area (Å²) in [6.07, 6.45) is 0. The molecule has 0 aliphatic carbocycles. The molecule has 2 amide bonds. The van der Waals surface area contributed by atoms with Crippen LogP contribution < -0.4 is 10.6 Å². The maximum absolute atomic E-state index is 11.8. The van der Waals surface area contributed by atoms with Gasteiger partial charge in [-0.2, -0.15) is 0 Å². The van der Waals surface area contributed by atoms with E-state index in [0.29, 0.717) is 16.5 Å². The van der Waals surface area contributed by atoms with Crippen molar-refractivity contribution in [3.8, 4) is 0 Å². The van der Waals surface area contributed by atoms with Gasteiger partial charge in [0, 0.05) is 0 Å². The van der Waals surface area contributed by atoms with Crippen molar-refractivity contribution in [3.63, 3.8) is 0 Å². The molecule has 5 nitrogen and oxygen atoms in total. The Hall–Kier alpha value is -1.98. The molecule has 0 atom stereocenters. The maximum Gasteiger partial charge on any atom is 0.287 e. The first-order valence-corrected chi connectivity index (χ1v) is 6.81. The molecule has 2 aromatic rings. The van der Waals surface area contributed by atoms with Crippen LogP contribution in [0.25, 0.3) is 0 Å². The monoisotopic (exact) mass is 326 g/mol. The fourth-order valence-corrected chi connectivity index (χ4v) is 1.95. The highest BCUT2D eigenvalue weighted by Crippen LogP contribution is 2.29. The Balaban J connectivity index is 1.90. The second kappa shape index (κ2) is 6.65. The zero-order chi connectivity index (χ0) is 15.4. The highest BCUT2D eigenvalue weighted by Gasteiger charge is 2.12. The largest absolute Gasteiger partial charge is 0.456 e. The maximum atomic E-state index is 11.8. The van der Waals surface area contributed by atoms with Gasteiger partial charge >= 0.3 is 0 Å². The van der Waals surface area contributed by atoms with Crippen LogP contribution in [0.15, 0.2) is 34.7 Å². The molecule has 1 heterocycles. The minimum atomic E-state index is -0.463. The van der Waals surface area contributed by atoms with Crippen molar-refractivity contribution < 1.29 is 14.0 Å². The minimum Gasteiger partial charge on any atom is -0.456 e. The van der Waals surface area contributed by atoms with E-state index in [1.165, 1.54) is 6.07 Å². The summed E-state index contributed by atoms with van der Waals surface area (Å²) in [6.45, 7) is 1.52. The van der Waals surface area contributed by atoms with Crippen LogP contribution in [-0.4, -0.2) is 18.4 Å². The van der Waals surface area contributed by atoms with E-state index in [1.807, 2.05) is 0 Å². The van der Waals surface area contributed by atoms with Crippen molar-refractivity contribution in [2.75, 3.05) is 11.9 Å². The molecule has 110 valence electrons. The van der Waals surface area contributed by atoms with Gasteiger partial charge in [0.05, 0.1) is 22.3 Å². The number of carbonyl (C=O) groups is 2. The lowest BCUT2D eigenvalue weighted by Crippen LogP contribution is -2.32. The van der Waals surface area contributed by atoms with E-state index in [9.17, 15) is 9.59 Å². The molecular formula is C14H12Cl2N2O3. The van der Waals surface area contributed by atoms with E-state index in [4.69, 9.17) is 27.6 Å². The van der Waals surface area contributed by atoms with Crippen molar-refractivity contribution in [2.24, 2.45) is 0 Å². The fourth-order valence-electron chi connectivity index (χ4n) is 1.60. The van der Waals surface area contributed by atoms with Crippen molar-refractivity contribution in [1.82, 2.24) is 5.32 Å². The van der Waals surface area contributed by atoms with E-state index in [1.54, 1.807) is 31.2 Å². The lowest BCUT2D eigenvalue weighted by molar-refractivity contribution is -0.115. The number of nitrogens with one attached hydrogen (secondary N) is 2. The van der Waals surface area contributed by atoms with E-state index in [-0.39, 0.29) is 17.3 Å². The zero-order valence-electron chi connectivity index (χ0n) is 11.1. The SMILES string of the molecule is Cc1ccc(C(=O)NCC(=O)Nc2cccc(Cl)c2Cl)o1. The lowest BCUT2D eigenvalue weighted by Gasteiger charge is -2.08. The Morgan fingerprint density at radius 2 is 1.95 bits per heavy atom. The van der Waals surface area contributed by atoms with Crippen LogP contribution in [0.5, 0.6) is 0 Å². The predicted molar refractivity (Wildman–Crippen MR) is 80.9 cm³/mol. The smallest absolute Gasteiger partial charge is 0.287 e. The molecule has 0 aliphatic heterocycles. The van der Waals surface area contributed by atoms with E-state index < -0.39 is 11.8 Å². The van der Waals surface area contributed by atoms with Crippen molar-refractivity contribution in [1.29, 1.82) is 0 Å². The Bertz CT molecular complexity index is 683. The molecule has 0 fully saturated rings. The number of furan rings is 1. The average molecular weight is 327 g/mol. The summed E-state index contributed by atoms with van der Waals surface area (Å²) in [6, 6.07) is 8.09. The Morgan fingerprint density at radius 1 is 1.19 bits per heavy atom. The number of hydrogen-bond acceptors (Lipinski definition) is 3. The normalized spacial score (nSPS) is 10.2. The molecule has 2 N–H and O–H groups in total. The van der Waals surface area contributed by atoms with E-state index in [2.05, 4.69) is 10.6 Å². The van der Waals surface area contributed by atoms with Crippen molar-refractivity contribution in [3.05, 3.63) is 51.9 Å². The summed E-state index contributed by atoms with van der Waals surface area (Å²) < 4.78 is 5.15. The summed E-state index contributed by atoms with van der Waals surface area (Å²) in [4.78, 5) is 23.5. The van der Waals surface area contributed by atoms with E-state index >= 15 is 0 Å². The summed E-state index contributed by atoms with van der Waals surface area (Å²) in [7, 11) is 0. The Labute approximate surface area is 131 Å². The topological polar surface area (TPSA) is 71.3 Å². The molecule has 0 unspecified atom stereocenters. The highest BCUT2D eigenvalue weighted by molar-refractivity contribution is 6.44. The zero-order valence-corrected chi connectivity index (χ0v) is 12.6. The van der Waals surface area contributed by atoms with Gasteiger partial charge in [-0.15, -0.1) is 0 Å². The van der Waals surface area contributed by atoms with Gasteiger partial charge in [0.1, 0.15) is 5.76 Å². The number of anilines is 1. The summed E-state index contributed by atoms with van der Waals surface area (Å²) in [5.41, 5.74) is 0.386. The summed E-state index contributed by atoms with van der Waals surface area (Å²) >= 11 is 11.8. The molecule has 0 saturated carbocycles. The van der Waals surface area contributed by atoms with Gasteiger partial charge in [-0.25, -0.2) is 0 Å². The summed E-state index contributed by atoms with van der Waals surface area (Å²) in [5.74, 6) is -0.109. The molecule has 2 rings (SSSR count). The molecule has 7 heteroatoms. The van der Waals surface area contributed by atoms with Crippen LogP contribution in [0.3, 0.4) is 0 Å². The van der Waals surface area contributed by atoms with Crippen LogP contribution in [0, 0.1) is 6.92 Å². The van der Waals surface area contributed by atoms with E-state index in [0.717, 1.165) is 0 Å². The Kier molecular flexibility index (Phi) is 4.88. The molecule has 21 heavy (non-hydrogen) atoms. The predicted octanol–water partition coefficient (Wildman–Crippen LogP) is 3.26. The van der Waals surface area contributed by atoms with Crippen LogP contribution in [0.1, 0.15) is 16.3 Å². The number of halogens is 2. The van der Waals surface area contributed by atoms with Gasteiger partial charge in [-0.1, -0.05) is 29.3 Å². The molecule has 1 aromatic carbocycles. The third-order valence-corrected chi connectivity index (χ3v) is 3.42. The van der Waals surface area contributed by atoms with Gasteiger partial charge in [0.15, 0.2) is 5.76 Å². The standard InChI is InChI=1S/C14H12Cl2N2O3/c1-8-5-6-11(21-8)14(20)17-7-12(19)18-10-4-2-3-9(15)13(10)16/h2-6H,7H2,1H3,(H,17,20)(H,18,19). The van der Waals surface area contributed by atoms with Crippen LogP contribution in [-0.2, 0) is 4.79 Å². The summed E-state index contributed by atoms with van der Waals surface area (Å²) in [5, 5.41) is 5.60. The average Bonchev–Trinajstić information content (AvgIpc) is 2.88. The number of rotatable bonds is 4. The van der Waals surface area contributed by atoms with Crippen LogP contribution in [0.4, 0.5) is 5.69 Å². The van der Waals surface area contributed by atoms with Gasteiger partial charge < -0.3 is 15.1 Å². The molecule has 0 spiro atoms. The lowest BCUT2D eigenvalue weighted by atomic mass is 10.3. The van der Waals surface area contributed by atoms with Gasteiger partial charge in [-0.05, 0) is 31.2 Å². The quantitative estimate of drug-likeness (QED) is 0.905. The molecule has 0 aliphatic rings. The number of benzene rings is 1. The second-order valence-electron chi connectivity index (χ2n) is 4.24. The Morgan fingerprint density at radius 3 is 2.62 bits per heavy atom. The minimum absolute atomic E-state index is 0.154. The van der Waals surface area contributed by atoms with Gasteiger partial charge in [0.25, 0.3) is 5.91 Å². The first-order valence-electron chi connectivity index (χ1n) is 6.06. The molecule has 1 aromatic heterocycles. The first kappa shape index (κ1) is 15.4. The molecule has 0 saturated heterocycles. The number of aryl methyl sites for hydroxylation is 1. The van der Waals surface area contributed by atoms with Crippen LogP contribution >= 0.6 is 23.2 Å². The number of amides is 2. The molecule has 0 bridgehead atoms. The number of hydrogen-bond donors (Lipinski definition) is 2. The fraction of sp³-hybridized carbons (Fsp3) is 0.143. The highest BCUT2D eigenvalue weighted by atomic mass is 35.5. The van der Waals surface area contributed by atoms with Crippen molar-refractivity contribution in [2.45, 2.75) is 6.92 Å². The third-order valence-electron chi connectivity index (χ3n) is 2.60. The number of carbonyl (C=O) groups excluding carboxylic acids is 2. The molecular weight excluding hydrogens is 315 g/mol. The third kappa shape index (κ3) is 4.00. The van der Waals surface area contributed by atoms with Gasteiger partial charge in [-0.3, -0.25) is 9.59 Å². The van der Waals surface area contributed by atoms with Crippen molar-refractivity contribution >= 4 is 40.7 Å². The second-order valence-corrected chi connectivity index (χ2v) is 5.03. The first-order chi connectivity index (χ1) is 9.97. The molecule has 0 radical (unpaired) electrons. The van der Waals surface area contributed by atoms with Crippen LogP contribution in [0.2, 0.25) is 10.0 Å². The van der Waals surface area contributed by atoms with Gasteiger partial charge in [0.2, 0.25) is 5.91 Å².